The van der Waals surface area contributed by atoms with Crippen molar-refractivity contribution < 1.29 is 14.1 Å². The molecule has 6 nitrogen and oxygen atoms in total. The van der Waals surface area contributed by atoms with Gasteiger partial charge in [-0.15, -0.1) is 0 Å². The number of hydrogen-bond donors (Lipinski definition) is 2. The number of nitrogens with one attached hydrogen (secondary N) is 2. The Morgan fingerprint density at radius 1 is 1.32 bits per heavy atom. The van der Waals surface area contributed by atoms with Crippen LogP contribution in [0.25, 0.3) is 0 Å². The molecule has 2 aromatic rings. The lowest BCUT2D eigenvalue weighted by molar-refractivity contribution is -0.914. The summed E-state index contributed by atoms with van der Waals surface area (Å²) < 4.78 is 13.8. The van der Waals surface area contributed by atoms with E-state index in [0.29, 0.717) is 11.0 Å². The lowest BCUT2D eigenvalue weighted by atomic mass is 10.2. The van der Waals surface area contributed by atoms with Crippen molar-refractivity contribution in [1.82, 2.24) is 9.97 Å². The van der Waals surface area contributed by atoms with E-state index in [1.54, 1.807) is 24.5 Å². The van der Waals surface area contributed by atoms with Gasteiger partial charge in [-0.1, -0.05) is 11.6 Å². The number of piperazine rings is 1. The first-order chi connectivity index (χ1) is 12.0. The maximum Gasteiger partial charge on any atom is 0.282 e. The Kier molecular flexibility index (Phi) is 5.45. The molecule has 1 aromatic heterocycles. The van der Waals surface area contributed by atoms with Crippen LogP contribution in [0.1, 0.15) is 6.92 Å². The van der Waals surface area contributed by atoms with Gasteiger partial charge in [0.1, 0.15) is 5.82 Å². The van der Waals surface area contributed by atoms with Crippen molar-refractivity contribution in [2.24, 2.45) is 0 Å². The van der Waals surface area contributed by atoms with Gasteiger partial charge in [-0.25, -0.2) is 14.4 Å². The van der Waals surface area contributed by atoms with Crippen LogP contribution in [-0.2, 0) is 4.79 Å². The number of rotatable bonds is 4. The summed E-state index contributed by atoms with van der Waals surface area (Å²) in [7, 11) is 0. The first-order valence-corrected chi connectivity index (χ1v) is 8.55. The van der Waals surface area contributed by atoms with E-state index >= 15 is 0 Å². The number of carbonyl (C=O) groups is 1. The fourth-order valence-corrected chi connectivity index (χ4v) is 3.06. The van der Waals surface area contributed by atoms with Gasteiger partial charge in [0.25, 0.3) is 5.91 Å². The lowest BCUT2D eigenvalue weighted by Gasteiger charge is -2.34. The van der Waals surface area contributed by atoms with Gasteiger partial charge in [0.2, 0.25) is 5.95 Å². The third-order valence-electron chi connectivity index (χ3n) is 4.44. The zero-order valence-corrected chi connectivity index (χ0v) is 14.6. The van der Waals surface area contributed by atoms with Crippen molar-refractivity contribution in [3.63, 3.8) is 0 Å². The maximum atomic E-state index is 13.8. The molecule has 1 aromatic carbocycles. The highest BCUT2D eigenvalue weighted by Gasteiger charge is 2.30. The minimum absolute atomic E-state index is 0.150. The van der Waals surface area contributed by atoms with Crippen LogP contribution in [0.2, 0.25) is 5.02 Å². The zero-order chi connectivity index (χ0) is 17.8. The first-order valence-electron chi connectivity index (χ1n) is 8.17. The van der Waals surface area contributed by atoms with E-state index in [-0.39, 0.29) is 17.6 Å². The van der Waals surface area contributed by atoms with Gasteiger partial charge in [-0.2, -0.15) is 0 Å². The molecule has 3 rings (SSSR count). The molecule has 1 amide bonds. The van der Waals surface area contributed by atoms with Crippen LogP contribution in [0.4, 0.5) is 16.0 Å². The molecule has 1 fully saturated rings. The van der Waals surface area contributed by atoms with E-state index in [2.05, 4.69) is 20.2 Å². The molecular weight excluding hydrogens is 345 g/mol. The molecule has 1 atom stereocenters. The van der Waals surface area contributed by atoms with Gasteiger partial charge in [0, 0.05) is 17.4 Å². The van der Waals surface area contributed by atoms with Crippen LogP contribution in [0.5, 0.6) is 0 Å². The van der Waals surface area contributed by atoms with Gasteiger partial charge < -0.3 is 15.1 Å². The minimum Gasteiger partial charge on any atom is -0.330 e. The fraction of sp³-hybridized carbons (Fsp3) is 0.353. The second-order valence-corrected chi connectivity index (χ2v) is 6.47. The maximum absolute atomic E-state index is 13.8. The van der Waals surface area contributed by atoms with Crippen molar-refractivity contribution in [1.29, 1.82) is 0 Å². The molecule has 1 saturated heterocycles. The highest BCUT2D eigenvalue weighted by atomic mass is 35.5. The van der Waals surface area contributed by atoms with Crippen molar-refractivity contribution in [3.05, 3.63) is 47.5 Å². The molecule has 1 aliphatic rings. The van der Waals surface area contributed by atoms with Crippen LogP contribution >= 0.6 is 11.6 Å². The van der Waals surface area contributed by atoms with Gasteiger partial charge >= 0.3 is 0 Å². The predicted molar refractivity (Wildman–Crippen MR) is 94.4 cm³/mol. The third-order valence-corrected chi connectivity index (χ3v) is 4.67. The highest BCUT2D eigenvalue weighted by molar-refractivity contribution is 6.30. The quantitative estimate of drug-likeness (QED) is 0.849. The number of aromatic nitrogens is 2. The number of anilines is 2. The van der Waals surface area contributed by atoms with Crippen LogP contribution < -0.4 is 15.1 Å². The Morgan fingerprint density at radius 3 is 2.64 bits per heavy atom. The Hall–Kier alpha value is -2.25. The number of carbonyl (C=O) groups excluding carboxylic acids is 1. The summed E-state index contributed by atoms with van der Waals surface area (Å²) >= 11 is 5.73. The average Bonchev–Trinajstić information content (AvgIpc) is 2.64. The molecule has 0 radical (unpaired) electrons. The van der Waals surface area contributed by atoms with E-state index < -0.39 is 5.82 Å². The van der Waals surface area contributed by atoms with Crippen molar-refractivity contribution >= 4 is 29.1 Å². The smallest absolute Gasteiger partial charge is 0.282 e. The molecule has 8 heteroatoms. The zero-order valence-electron chi connectivity index (χ0n) is 13.9. The average molecular weight is 365 g/mol. The van der Waals surface area contributed by atoms with Crippen LogP contribution in [-0.4, -0.2) is 48.1 Å². The SMILES string of the molecule is C[C@@H](C(=O)Nc1ccc(Cl)cc1F)[NH+]1CCN(c2ncccn2)CC1. The first kappa shape index (κ1) is 17.6. The van der Waals surface area contributed by atoms with E-state index in [1.165, 1.54) is 12.1 Å². The lowest BCUT2D eigenvalue weighted by Crippen LogP contribution is -3.19. The van der Waals surface area contributed by atoms with Gasteiger partial charge in [-0.3, -0.25) is 4.79 Å². The summed E-state index contributed by atoms with van der Waals surface area (Å²) in [5.74, 6) is -0.0309. The summed E-state index contributed by atoms with van der Waals surface area (Å²) in [4.78, 5) is 24.2. The molecule has 132 valence electrons. The number of nitrogens with zero attached hydrogens (tertiary/aromatic N) is 3. The summed E-state index contributed by atoms with van der Waals surface area (Å²) in [6.45, 7) is 4.97. The van der Waals surface area contributed by atoms with Gasteiger partial charge in [-0.05, 0) is 31.2 Å². The second-order valence-electron chi connectivity index (χ2n) is 6.03. The Morgan fingerprint density at radius 2 is 2.00 bits per heavy atom. The fourth-order valence-electron chi connectivity index (χ4n) is 2.90. The van der Waals surface area contributed by atoms with Crippen molar-refractivity contribution in [2.45, 2.75) is 13.0 Å². The van der Waals surface area contributed by atoms with Crippen molar-refractivity contribution in [2.75, 3.05) is 36.4 Å². The summed E-state index contributed by atoms with van der Waals surface area (Å²) in [5.41, 5.74) is 0.150. The molecule has 2 N–H and O–H groups in total. The molecule has 1 aliphatic heterocycles. The highest BCUT2D eigenvalue weighted by Crippen LogP contribution is 2.18. The molecular formula is C17H20ClFN5O+. The summed E-state index contributed by atoms with van der Waals surface area (Å²) in [6, 6.07) is 5.72. The van der Waals surface area contributed by atoms with E-state index in [0.717, 1.165) is 31.1 Å². The molecule has 0 unspecified atom stereocenters. The van der Waals surface area contributed by atoms with Crippen LogP contribution in [0.3, 0.4) is 0 Å². The van der Waals surface area contributed by atoms with Crippen molar-refractivity contribution in [3.8, 4) is 0 Å². The summed E-state index contributed by atoms with van der Waals surface area (Å²) in [6.07, 6.45) is 3.44. The molecule has 0 spiro atoms. The number of amides is 1. The van der Waals surface area contributed by atoms with Crippen LogP contribution in [0, 0.1) is 5.82 Å². The molecule has 0 saturated carbocycles. The predicted octanol–water partition coefficient (Wildman–Crippen LogP) is 1.00. The topological polar surface area (TPSA) is 62.6 Å². The minimum atomic E-state index is -0.533. The third kappa shape index (κ3) is 4.24. The van der Waals surface area contributed by atoms with E-state index in [4.69, 9.17) is 11.6 Å². The normalized spacial score (nSPS) is 16.5. The van der Waals surface area contributed by atoms with Crippen LogP contribution in [0.15, 0.2) is 36.7 Å². The molecule has 25 heavy (non-hydrogen) atoms. The monoisotopic (exact) mass is 364 g/mol. The number of quaternary nitrogens is 1. The standard InChI is InChI=1S/C17H19ClFN5O/c1-12(16(25)22-15-4-3-13(18)11-14(15)19)23-7-9-24(10-8-23)17-20-5-2-6-21-17/h2-6,11-12H,7-10H2,1H3,(H,22,25)/p+1/t12-/m0/s1. The largest absolute Gasteiger partial charge is 0.330 e. The number of halogens is 2. The summed E-state index contributed by atoms with van der Waals surface area (Å²) in [5, 5.41) is 2.95. The number of benzene rings is 1. The van der Waals surface area contributed by atoms with E-state index in [1.807, 2.05) is 6.92 Å². The molecule has 0 bridgehead atoms. The Bertz CT molecular complexity index is 737. The van der Waals surface area contributed by atoms with E-state index in [9.17, 15) is 9.18 Å². The Balaban J connectivity index is 1.56. The molecule has 0 aliphatic carbocycles. The number of hydrogen-bond acceptors (Lipinski definition) is 4. The molecule has 2 heterocycles. The second kappa shape index (κ2) is 7.76. The van der Waals surface area contributed by atoms with Gasteiger partial charge in [0.05, 0.1) is 31.9 Å². The Labute approximate surface area is 150 Å². The van der Waals surface area contributed by atoms with Gasteiger partial charge in [0.15, 0.2) is 6.04 Å².